The number of anilines is 1. The van der Waals surface area contributed by atoms with Gasteiger partial charge in [-0.25, -0.2) is 4.39 Å². The van der Waals surface area contributed by atoms with Gasteiger partial charge in [-0.05, 0) is 24.3 Å². The second-order valence-corrected chi connectivity index (χ2v) is 8.03. The second kappa shape index (κ2) is 6.18. The summed E-state index contributed by atoms with van der Waals surface area (Å²) in [7, 11) is 3.22. The molecule has 5 rings (SSSR count). The van der Waals surface area contributed by atoms with Crippen LogP contribution in [0.2, 0.25) is 0 Å². The van der Waals surface area contributed by atoms with Crippen molar-refractivity contribution < 1.29 is 13.9 Å². The highest BCUT2D eigenvalue weighted by Crippen LogP contribution is 2.39. The minimum absolute atomic E-state index is 0.242. The minimum Gasteiger partial charge on any atom is -0.496 e. The van der Waals surface area contributed by atoms with Crippen LogP contribution in [-0.4, -0.2) is 49.0 Å². The average Bonchev–Trinajstić information content (AvgIpc) is 2.93. The van der Waals surface area contributed by atoms with Crippen molar-refractivity contribution in [2.45, 2.75) is 0 Å². The maximum Gasteiger partial charge on any atom is 0.252 e. The number of benzene rings is 2. The molecule has 2 saturated heterocycles. The minimum atomic E-state index is -0.605. The molecule has 0 unspecified atom stereocenters. The number of hydrogen-bond acceptors (Lipinski definition) is 5. The van der Waals surface area contributed by atoms with Crippen molar-refractivity contribution in [3.8, 4) is 17.0 Å². The lowest BCUT2D eigenvalue weighted by atomic mass is 9.74. The van der Waals surface area contributed by atoms with Gasteiger partial charge in [0, 0.05) is 61.3 Å². The number of primary amides is 1. The Balaban J connectivity index is 1.55. The van der Waals surface area contributed by atoms with Gasteiger partial charge >= 0.3 is 0 Å². The molecule has 0 bridgehead atoms. The zero-order valence-corrected chi connectivity index (χ0v) is 16.3. The first-order chi connectivity index (χ1) is 13.9. The predicted octanol–water partition coefficient (Wildman–Crippen LogP) is 1.90. The third kappa shape index (κ3) is 2.66. The van der Waals surface area contributed by atoms with E-state index in [0.717, 1.165) is 31.9 Å². The quantitative estimate of drug-likeness (QED) is 0.705. The molecule has 8 heteroatoms. The number of halogens is 1. The van der Waals surface area contributed by atoms with Crippen LogP contribution in [0.25, 0.3) is 22.2 Å². The summed E-state index contributed by atoms with van der Waals surface area (Å²) in [6.45, 7) is 3.98. The number of fused-ring (bicyclic) bond motifs is 1. The molecule has 1 amide bonds. The van der Waals surface area contributed by atoms with Gasteiger partial charge in [-0.1, -0.05) is 0 Å². The van der Waals surface area contributed by atoms with Crippen molar-refractivity contribution in [3.63, 3.8) is 0 Å². The number of hydrogen-bond donors (Lipinski definition) is 2. The third-order valence-corrected chi connectivity index (χ3v) is 6.05. The molecular weight excluding hydrogens is 373 g/mol. The normalized spacial score (nSPS) is 17.3. The fourth-order valence-electron chi connectivity index (χ4n) is 4.45. The number of nitrogens with two attached hydrogens (primary N) is 1. The first kappa shape index (κ1) is 17.9. The zero-order valence-electron chi connectivity index (χ0n) is 16.3. The molecule has 1 aromatic heterocycles. The standard InChI is InChI=1S/C21H22FN5O2/c1-26-19(14-6-15(20(23)28)18(29-2)7-17(14)25-26)13-4-3-12(5-16(13)22)27-10-21(11-27)8-24-9-21/h3-7,24H,8-11H2,1-2H3,(H2,23,28). The molecule has 0 radical (unpaired) electrons. The van der Waals surface area contributed by atoms with Crippen LogP contribution in [0.15, 0.2) is 30.3 Å². The van der Waals surface area contributed by atoms with Crippen LogP contribution >= 0.6 is 0 Å². The fourth-order valence-corrected chi connectivity index (χ4v) is 4.45. The topological polar surface area (TPSA) is 85.4 Å². The number of carbonyl (C=O) groups excluding carboxylic acids is 1. The first-order valence-corrected chi connectivity index (χ1v) is 9.51. The van der Waals surface area contributed by atoms with Crippen LogP contribution in [0.3, 0.4) is 0 Å². The molecular formula is C21H22FN5O2. The molecule has 2 aliphatic heterocycles. The lowest BCUT2D eigenvalue weighted by Gasteiger charge is -2.57. The second-order valence-electron chi connectivity index (χ2n) is 8.03. The SMILES string of the molecule is COc1cc2nn(C)c(-c3ccc(N4CC5(CNC5)C4)cc3F)c2cc1C(N)=O. The van der Waals surface area contributed by atoms with Crippen molar-refractivity contribution in [1.82, 2.24) is 15.1 Å². The molecule has 2 aliphatic rings. The van der Waals surface area contributed by atoms with E-state index in [-0.39, 0.29) is 11.4 Å². The summed E-state index contributed by atoms with van der Waals surface area (Å²) in [6.07, 6.45) is 0. The van der Waals surface area contributed by atoms with E-state index in [0.29, 0.717) is 33.3 Å². The smallest absolute Gasteiger partial charge is 0.252 e. The van der Waals surface area contributed by atoms with Gasteiger partial charge in [0.2, 0.25) is 0 Å². The number of nitrogens with zero attached hydrogens (tertiary/aromatic N) is 3. The molecule has 29 heavy (non-hydrogen) atoms. The molecule has 150 valence electrons. The van der Waals surface area contributed by atoms with Gasteiger partial charge in [-0.15, -0.1) is 0 Å². The molecule has 3 aromatic rings. The van der Waals surface area contributed by atoms with Gasteiger partial charge in [0.05, 0.1) is 23.9 Å². The molecule has 7 nitrogen and oxygen atoms in total. The van der Waals surface area contributed by atoms with Crippen LogP contribution in [-0.2, 0) is 7.05 Å². The maximum atomic E-state index is 15.1. The summed E-state index contributed by atoms with van der Waals surface area (Å²) in [5.41, 5.74) is 8.62. The van der Waals surface area contributed by atoms with E-state index >= 15 is 4.39 Å². The zero-order chi connectivity index (χ0) is 20.3. The fraction of sp³-hybridized carbons (Fsp3) is 0.333. The van der Waals surface area contributed by atoms with E-state index in [1.165, 1.54) is 7.11 Å². The maximum absolute atomic E-state index is 15.1. The van der Waals surface area contributed by atoms with Crippen molar-refractivity contribution in [2.75, 3.05) is 38.2 Å². The summed E-state index contributed by atoms with van der Waals surface area (Å²) in [6, 6.07) is 8.56. The van der Waals surface area contributed by atoms with E-state index in [2.05, 4.69) is 15.3 Å². The van der Waals surface area contributed by atoms with Crippen LogP contribution in [0.1, 0.15) is 10.4 Å². The van der Waals surface area contributed by atoms with Crippen molar-refractivity contribution in [2.24, 2.45) is 18.2 Å². The van der Waals surface area contributed by atoms with Gasteiger partial charge in [0.1, 0.15) is 11.6 Å². The Morgan fingerprint density at radius 2 is 2.03 bits per heavy atom. The van der Waals surface area contributed by atoms with Crippen molar-refractivity contribution in [3.05, 3.63) is 41.7 Å². The van der Waals surface area contributed by atoms with Gasteiger partial charge in [0.15, 0.2) is 0 Å². The Bertz CT molecular complexity index is 1140. The molecule has 2 aromatic carbocycles. The van der Waals surface area contributed by atoms with Crippen LogP contribution < -0.4 is 20.7 Å². The summed E-state index contributed by atoms with van der Waals surface area (Å²) in [5.74, 6) is -0.578. The Kier molecular flexibility index (Phi) is 3.82. The largest absolute Gasteiger partial charge is 0.496 e. The highest BCUT2D eigenvalue weighted by Gasteiger charge is 2.47. The highest BCUT2D eigenvalue weighted by molar-refractivity contribution is 6.03. The van der Waals surface area contributed by atoms with Gasteiger partial charge in [-0.2, -0.15) is 5.10 Å². The molecule has 0 aliphatic carbocycles. The summed E-state index contributed by atoms with van der Waals surface area (Å²) < 4.78 is 22.0. The molecule has 3 heterocycles. The average molecular weight is 395 g/mol. The number of carbonyl (C=O) groups is 1. The summed E-state index contributed by atoms with van der Waals surface area (Å²) in [5, 5.41) is 8.42. The molecule has 3 N–H and O–H groups in total. The van der Waals surface area contributed by atoms with Gasteiger partial charge in [0.25, 0.3) is 5.91 Å². The number of methoxy groups -OCH3 is 1. The number of rotatable bonds is 4. The number of ether oxygens (including phenoxy) is 1. The van der Waals surface area contributed by atoms with E-state index in [1.54, 1.807) is 36.0 Å². The van der Waals surface area contributed by atoms with Crippen LogP contribution in [0.5, 0.6) is 5.75 Å². The lowest BCUT2D eigenvalue weighted by Crippen LogP contribution is -2.71. The number of aromatic nitrogens is 2. The Labute approximate surface area is 167 Å². The van der Waals surface area contributed by atoms with Crippen LogP contribution in [0, 0.1) is 11.2 Å². The predicted molar refractivity (Wildman–Crippen MR) is 109 cm³/mol. The van der Waals surface area contributed by atoms with E-state index in [9.17, 15) is 4.79 Å². The molecule has 2 fully saturated rings. The number of nitrogens with one attached hydrogen (secondary N) is 1. The Morgan fingerprint density at radius 1 is 1.28 bits per heavy atom. The van der Waals surface area contributed by atoms with E-state index < -0.39 is 5.91 Å². The monoisotopic (exact) mass is 395 g/mol. The van der Waals surface area contributed by atoms with Crippen molar-refractivity contribution in [1.29, 1.82) is 0 Å². The van der Waals surface area contributed by atoms with Crippen molar-refractivity contribution >= 4 is 22.5 Å². The molecule has 1 spiro atoms. The van der Waals surface area contributed by atoms with E-state index in [1.807, 2.05) is 6.07 Å². The third-order valence-electron chi connectivity index (χ3n) is 6.05. The summed E-state index contributed by atoms with van der Waals surface area (Å²) >= 11 is 0. The van der Waals surface area contributed by atoms with Gasteiger partial charge < -0.3 is 20.7 Å². The Hall–Kier alpha value is -3.13. The number of amides is 1. The lowest BCUT2D eigenvalue weighted by molar-refractivity contribution is 0.0997. The van der Waals surface area contributed by atoms with E-state index in [4.69, 9.17) is 10.5 Å². The molecule has 0 saturated carbocycles. The van der Waals surface area contributed by atoms with Crippen LogP contribution in [0.4, 0.5) is 10.1 Å². The first-order valence-electron chi connectivity index (χ1n) is 9.51. The van der Waals surface area contributed by atoms with Gasteiger partial charge in [-0.3, -0.25) is 9.48 Å². The molecule has 0 atom stereocenters. The highest BCUT2D eigenvalue weighted by atomic mass is 19.1. The number of aryl methyl sites for hydroxylation is 1. The Morgan fingerprint density at radius 3 is 2.62 bits per heavy atom. The summed E-state index contributed by atoms with van der Waals surface area (Å²) in [4.78, 5) is 14.0.